The average Bonchev–Trinajstić information content (AvgIpc) is 2.72. The Labute approximate surface area is 164 Å². The van der Waals surface area contributed by atoms with Gasteiger partial charge in [0.1, 0.15) is 5.75 Å². The molecule has 1 saturated heterocycles. The molecule has 0 aliphatic carbocycles. The first-order valence-corrected chi connectivity index (χ1v) is 9.41. The first-order chi connectivity index (χ1) is 13.1. The summed E-state index contributed by atoms with van der Waals surface area (Å²) in [5.74, 6) is 0.731. The summed E-state index contributed by atoms with van der Waals surface area (Å²) in [5, 5.41) is 0.694. The van der Waals surface area contributed by atoms with Crippen molar-refractivity contribution < 1.29 is 14.3 Å². The highest BCUT2D eigenvalue weighted by Crippen LogP contribution is 2.18. The number of benzene rings is 2. The molecular formula is C21H23ClN2O3. The predicted molar refractivity (Wildman–Crippen MR) is 105 cm³/mol. The number of amides is 2. The minimum atomic E-state index is -0.0305. The maximum atomic E-state index is 12.6. The number of piperazine rings is 1. The van der Waals surface area contributed by atoms with E-state index in [1.54, 1.807) is 30.2 Å². The van der Waals surface area contributed by atoms with Crippen LogP contribution in [-0.4, -0.2) is 54.9 Å². The quantitative estimate of drug-likeness (QED) is 0.792. The third-order valence-corrected chi connectivity index (χ3v) is 5.17. The van der Waals surface area contributed by atoms with Crippen molar-refractivity contribution in [2.45, 2.75) is 12.8 Å². The molecule has 0 spiro atoms. The Morgan fingerprint density at radius 1 is 1.00 bits per heavy atom. The minimum Gasteiger partial charge on any atom is -0.497 e. The lowest BCUT2D eigenvalue weighted by Gasteiger charge is -2.35. The number of methoxy groups -OCH3 is 1. The summed E-state index contributed by atoms with van der Waals surface area (Å²) in [6.45, 7) is 2.18. The van der Waals surface area contributed by atoms with E-state index < -0.39 is 0 Å². The van der Waals surface area contributed by atoms with Crippen molar-refractivity contribution in [3.05, 3.63) is 64.7 Å². The van der Waals surface area contributed by atoms with E-state index in [1.165, 1.54) is 0 Å². The van der Waals surface area contributed by atoms with Gasteiger partial charge in [-0.3, -0.25) is 9.59 Å². The van der Waals surface area contributed by atoms with Gasteiger partial charge in [-0.05, 0) is 36.2 Å². The number of carbonyl (C=O) groups excluding carboxylic acids is 2. The van der Waals surface area contributed by atoms with Gasteiger partial charge in [-0.25, -0.2) is 0 Å². The maximum Gasteiger partial charge on any atom is 0.254 e. The summed E-state index contributed by atoms with van der Waals surface area (Å²) in [6, 6.07) is 14.7. The van der Waals surface area contributed by atoms with Gasteiger partial charge in [0.15, 0.2) is 0 Å². The molecule has 0 atom stereocenters. The molecule has 5 nitrogen and oxygen atoms in total. The number of rotatable bonds is 5. The van der Waals surface area contributed by atoms with E-state index in [0.717, 1.165) is 5.56 Å². The number of halogens is 1. The van der Waals surface area contributed by atoms with Gasteiger partial charge in [0.05, 0.1) is 7.11 Å². The zero-order valence-electron chi connectivity index (χ0n) is 15.4. The van der Waals surface area contributed by atoms with Gasteiger partial charge < -0.3 is 14.5 Å². The molecule has 3 rings (SSSR count). The van der Waals surface area contributed by atoms with Gasteiger partial charge in [-0.1, -0.05) is 35.9 Å². The maximum absolute atomic E-state index is 12.6. The molecule has 1 aliphatic heterocycles. The largest absolute Gasteiger partial charge is 0.497 e. The number of carbonyl (C=O) groups is 2. The standard InChI is InChI=1S/C21H23ClN2O3/c1-27-18-7-4-6-17(15-18)21(26)24-13-11-23(12-14-24)20(25)10-9-16-5-2-3-8-19(16)22/h2-8,15H,9-14H2,1H3. The summed E-state index contributed by atoms with van der Waals surface area (Å²) < 4.78 is 5.18. The van der Waals surface area contributed by atoms with Crippen molar-refractivity contribution in [3.8, 4) is 5.75 Å². The van der Waals surface area contributed by atoms with Gasteiger partial charge in [-0.15, -0.1) is 0 Å². The van der Waals surface area contributed by atoms with E-state index in [9.17, 15) is 9.59 Å². The SMILES string of the molecule is COc1cccc(C(=O)N2CCN(C(=O)CCc3ccccc3Cl)CC2)c1. The number of aryl methyl sites for hydroxylation is 1. The van der Waals surface area contributed by atoms with Crippen LogP contribution in [0.1, 0.15) is 22.3 Å². The predicted octanol–water partition coefficient (Wildman–Crippen LogP) is 3.27. The highest BCUT2D eigenvalue weighted by Gasteiger charge is 2.25. The molecular weight excluding hydrogens is 364 g/mol. The van der Waals surface area contributed by atoms with Gasteiger partial charge >= 0.3 is 0 Å². The van der Waals surface area contributed by atoms with Crippen LogP contribution in [0.2, 0.25) is 5.02 Å². The third-order valence-electron chi connectivity index (χ3n) is 4.80. The second-order valence-electron chi connectivity index (χ2n) is 6.50. The Bertz CT molecular complexity index is 817. The molecule has 27 heavy (non-hydrogen) atoms. The number of hydrogen-bond donors (Lipinski definition) is 0. The lowest BCUT2D eigenvalue weighted by Crippen LogP contribution is -2.50. The lowest BCUT2D eigenvalue weighted by atomic mass is 10.1. The molecule has 0 saturated carbocycles. The zero-order valence-corrected chi connectivity index (χ0v) is 16.1. The molecule has 6 heteroatoms. The molecule has 2 amide bonds. The van der Waals surface area contributed by atoms with Crippen LogP contribution < -0.4 is 4.74 Å². The van der Waals surface area contributed by atoms with E-state index in [1.807, 2.05) is 35.2 Å². The average molecular weight is 387 g/mol. The van der Waals surface area contributed by atoms with E-state index in [4.69, 9.17) is 16.3 Å². The van der Waals surface area contributed by atoms with Crippen LogP contribution in [0.3, 0.4) is 0 Å². The molecule has 0 unspecified atom stereocenters. The fourth-order valence-corrected chi connectivity index (χ4v) is 3.43. The van der Waals surface area contributed by atoms with E-state index in [2.05, 4.69) is 0 Å². The van der Waals surface area contributed by atoms with Crippen molar-refractivity contribution >= 4 is 23.4 Å². The van der Waals surface area contributed by atoms with Crippen LogP contribution in [0.5, 0.6) is 5.75 Å². The minimum absolute atomic E-state index is 0.0305. The molecule has 0 N–H and O–H groups in total. The molecule has 1 aliphatic rings. The fraction of sp³-hybridized carbons (Fsp3) is 0.333. The van der Waals surface area contributed by atoms with Gasteiger partial charge in [0.25, 0.3) is 5.91 Å². The summed E-state index contributed by atoms with van der Waals surface area (Å²) in [4.78, 5) is 28.7. The first kappa shape index (κ1) is 19.2. The van der Waals surface area contributed by atoms with E-state index in [-0.39, 0.29) is 11.8 Å². The summed E-state index contributed by atoms with van der Waals surface area (Å²) in [7, 11) is 1.58. The van der Waals surface area contributed by atoms with Crippen molar-refractivity contribution in [2.75, 3.05) is 33.3 Å². The molecule has 0 bridgehead atoms. The zero-order chi connectivity index (χ0) is 19.2. The molecule has 0 radical (unpaired) electrons. The van der Waals surface area contributed by atoms with E-state index in [0.29, 0.717) is 55.4 Å². The smallest absolute Gasteiger partial charge is 0.254 e. The van der Waals surface area contributed by atoms with Crippen molar-refractivity contribution in [1.29, 1.82) is 0 Å². The highest BCUT2D eigenvalue weighted by atomic mass is 35.5. The Morgan fingerprint density at radius 3 is 2.41 bits per heavy atom. The Kier molecular flexibility index (Phi) is 6.35. The molecule has 142 valence electrons. The van der Waals surface area contributed by atoms with Crippen molar-refractivity contribution in [3.63, 3.8) is 0 Å². The van der Waals surface area contributed by atoms with Crippen LogP contribution in [0, 0.1) is 0 Å². The van der Waals surface area contributed by atoms with Crippen LogP contribution in [0.15, 0.2) is 48.5 Å². The molecule has 0 aromatic heterocycles. The van der Waals surface area contributed by atoms with Crippen LogP contribution in [-0.2, 0) is 11.2 Å². The van der Waals surface area contributed by atoms with Crippen molar-refractivity contribution in [1.82, 2.24) is 9.80 Å². The Morgan fingerprint density at radius 2 is 1.70 bits per heavy atom. The van der Waals surface area contributed by atoms with E-state index >= 15 is 0 Å². The highest BCUT2D eigenvalue weighted by molar-refractivity contribution is 6.31. The summed E-state index contributed by atoms with van der Waals surface area (Å²) in [6.07, 6.45) is 1.05. The monoisotopic (exact) mass is 386 g/mol. The third kappa shape index (κ3) is 4.80. The summed E-state index contributed by atoms with van der Waals surface area (Å²) >= 11 is 6.15. The number of ether oxygens (including phenoxy) is 1. The molecule has 2 aromatic carbocycles. The lowest BCUT2D eigenvalue weighted by molar-refractivity contribution is -0.132. The molecule has 1 fully saturated rings. The van der Waals surface area contributed by atoms with Gasteiger partial charge in [-0.2, -0.15) is 0 Å². The second kappa shape index (κ2) is 8.91. The van der Waals surface area contributed by atoms with Crippen molar-refractivity contribution in [2.24, 2.45) is 0 Å². The van der Waals surface area contributed by atoms with Gasteiger partial charge in [0.2, 0.25) is 5.91 Å². The summed E-state index contributed by atoms with van der Waals surface area (Å²) in [5.41, 5.74) is 1.59. The Balaban J connectivity index is 1.51. The van der Waals surface area contributed by atoms with Crippen LogP contribution >= 0.6 is 11.6 Å². The van der Waals surface area contributed by atoms with Gasteiger partial charge in [0, 0.05) is 43.2 Å². The van der Waals surface area contributed by atoms with Crippen LogP contribution in [0.4, 0.5) is 0 Å². The number of hydrogen-bond acceptors (Lipinski definition) is 3. The number of nitrogens with zero attached hydrogens (tertiary/aromatic N) is 2. The van der Waals surface area contributed by atoms with Crippen LogP contribution in [0.25, 0.3) is 0 Å². The second-order valence-corrected chi connectivity index (χ2v) is 6.90. The topological polar surface area (TPSA) is 49.9 Å². The fourth-order valence-electron chi connectivity index (χ4n) is 3.20. The molecule has 1 heterocycles. The first-order valence-electron chi connectivity index (χ1n) is 9.03. The normalized spacial score (nSPS) is 14.1. The molecule has 2 aromatic rings. The Hall–Kier alpha value is -2.53.